The van der Waals surface area contributed by atoms with Gasteiger partial charge in [-0.15, -0.1) is 0 Å². The van der Waals surface area contributed by atoms with Crippen molar-refractivity contribution < 1.29 is 38.8 Å². The molecule has 0 saturated heterocycles. The van der Waals surface area contributed by atoms with Crippen molar-refractivity contribution in [3.63, 3.8) is 0 Å². The van der Waals surface area contributed by atoms with Crippen LogP contribution in [-0.2, 0) is 38.5 Å². The molecule has 0 fully saturated rings. The Hall–Kier alpha value is -7.61. The number of hydrogen-bond acceptors (Lipinski definition) is 9. The summed E-state index contributed by atoms with van der Waals surface area (Å²) in [5.41, 5.74) is 14.3. The van der Waals surface area contributed by atoms with Gasteiger partial charge in [-0.05, 0) is 257 Å². The Morgan fingerprint density at radius 2 is 0.831 bits per heavy atom. The fourth-order valence-corrected chi connectivity index (χ4v) is 13.7. The second-order valence-corrected chi connectivity index (χ2v) is 24.3. The molecular weight excluding hydrogens is 1080 g/mol. The largest absolute Gasteiger partial charge is 0.478 e. The summed E-state index contributed by atoms with van der Waals surface area (Å²) < 4.78 is 18.2. The van der Waals surface area contributed by atoms with E-state index in [-0.39, 0.29) is 0 Å². The van der Waals surface area contributed by atoms with Crippen molar-refractivity contribution in [2.24, 2.45) is 0 Å². The second-order valence-electron chi connectivity index (χ2n) is 22.0. The monoisotopic (exact) mass is 1150 g/mol. The number of aryl methyl sites for hydroxylation is 8. The lowest BCUT2D eigenvalue weighted by Crippen LogP contribution is -2.13. The Morgan fingerprint density at radius 3 is 1.18 bits per heavy atom. The molecule has 3 aliphatic rings. The number of aromatic nitrogens is 3. The van der Waals surface area contributed by atoms with Gasteiger partial charge < -0.3 is 20.1 Å². The van der Waals surface area contributed by atoms with Crippen LogP contribution in [-0.4, -0.2) is 54.5 Å². The van der Waals surface area contributed by atoms with Crippen LogP contribution in [0, 0.1) is 13.8 Å². The Labute approximate surface area is 495 Å². The maximum atomic E-state index is 13.0. The van der Waals surface area contributed by atoms with E-state index < -0.39 is 24.3 Å². The molecule has 4 unspecified atom stereocenters. The molecule has 428 valence electrons. The van der Waals surface area contributed by atoms with Gasteiger partial charge >= 0.3 is 17.9 Å². The lowest BCUT2D eigenvalue weighted by atomic mass is 9.79. The van der Waals surface area contributed by atoms with Crippen LogP contribution >= 0.6 is 23.5 Å². The highest BCUT2D eigenvalue weighted by atomic mass is 32.2. The van der Waals surface area contributed by atoms with Crippen LogP contribution in [0.15, 0.2) is 178 Å². The lowest BCUT2D eigenvalue weighted by Gasteiger charge is -2.26. The first kappa shape index (κ1) is 60.0. The highest BCUT2D eigenvalue weighted by Gasteiger charge is 2.25. The van der Waals surface area contributed by atoms with E-state index >= 15 is 0 Å². The van der Waals surface area contributed by atoms with Crippen molar-refractivity contribution >= 4 is 41.4 Å². The van der Waals surface area contributed by atoms with E-state index in [1.165, 1.54) is 103 Å². The molecule has 0 saturated carbocycles. The third-order valence-electron chi connectivity index (χ3n) is 16.2. The zero-order valence-electron chi connectivity index (χ0n) is 47.4. The van der Waals surface area contributed by atoms with Crippen molar-refractivity contribution in [2.45, 2.75) is 161 Å². The van der Waals surface area contributed by atoms with Gasteiger partial charge in [0, 0.05) is 63.7 Å². The fourth-order valence-electron chi connectivity index (χ4n) is 11.9. The summed E-state index contributed by atoms with van der Waals surface area (Å²) in [4.78, 5) is 51.6. The third-order valence-corrected chi connectivity index (χ3v) is 18.2. The SMILES string of the molecule is CC(F)Oc1ccc2c(c1)CCCC2CCc1cnccc1C(=O)O.Cc1ccc(Sc2ccc3c(c2)CCCC3CCc2cnccc2C(=O)O)cc1.Cc1ccc(Sc2ccc3c(c2)CCCC3CCc2cnccc2C(=O)O)cc1. The Morgan fingerprint density at radius 1 is 0.494 bits per heavy atom. The molecule has 13 heteroatoms. The number of hydrogen-bond donors (Lipinski definition) is 3. The van der Waals surface area contributed by atoms with Crippen molar-refractivity contribution in [3.8, 4) is 5.75 Å². The van der Waals surface area contributed by atoms with E-state index in [9.17, 15) is 34.1 Å². The zero-order valence-corrected chi connectivity index (χ0v) is 49.1. The number of halogens is 1. The topological polar surface area (TPSA) is 160 Å². The van der Waals surface area contributed by atoms with Crippen molar-refractivity contribution in [1.29, 1.82) is 0 Å². The molecule has 3 aliphatic carbocycles. The third kappa shape index (κ3) is 16.6. The first-order valence-corrected chi connectivity index (χ1v) is 30.5. The molecule has 83 heavy (non-hydrogen) atoms. The molecule has 0 bridgehead atoms. The van der Waals surface area contributed by atoms with E-state index in [0.29, 0.717) is 46.6 Å². The Balaban J connectivity index is 0.000000150. The standard InChI is InChI=1S/2C25H25NO2S.C20H22FNO3/c2*1-17-5-9-21(10-6-17)29-22-11-12-23-18(3-2-4-19(23)15-22)7-8-20-16-26-14-13-24(20)25(27)28;1-13(21)25-17-7-8-18-14(3-2-4-15(18)11-17)5-6-16-12-22-10-9-19(16)20(23)24/h2*5-6,9-16,18H,2-4,7-8H2,1H3,(H,27,28);7-14H,2-6H2,1H3,(H,23,24). The van der Waals surface area contributed by atoms with Gasteiger partial charge in [-0.2, -0.15) is 0 Å². The van der Waals surface area contributed by atoms with Gasteiger partial charge in [-0.1, -0.05) is 77.1 Å². The van der Waals surface area contributed by atoms with Gasteiger partial charge in [0.15, 0.2) is 0 Å². The summed E-state index contributed by atoms with van der Waals surface area (Å²) in [6.07, 6.45) is 23.4. The summed E-state index contributed by atoms with van der Waals surface area (Å²) in [6.45, 7) is 5.59. The molecule has 8 aromatic rings. The maximum Gasteiger partial charge on any atom is 0.336 e. The van der Waals surface area contributed by atoms with Crippen LogP contribution in [0.1, 0.15) is 175 Å². The van der Waals surface area contributed by atoms with Crippen molar-refractivity contribution in [1.82, 2.24) is 15.0 Å². The van der Waals surface area contributed by atoms with Crippen LogP contribution in [0.25, 0.3) is 0 Å². The van der Waals surface area contributed by atoms with Crippen LogP contribution < -0.4 is 4.74 Å². The predicted octanol–water partition coefficient (Wildman–Crippen LogP) is 17.1. The van der Waals surface area contributed by atoms with Crippen LogP contribution in [0.2, 0.25) is 0 Å². The lowest BCUT2D eigenvalue weighted by molar-refractivity contribution is 0.0684. The van der Waals surface area contributed by atoms with E-state index in [2.05, 4.69) is 114 Å². The molecule has 5 aromatic carbocycles. The number of carboxylic acids is 3. The molecule has 0 spiro atoms. The smallest absolute Gasteiger partial charge is 0.336 e. The minimum atomic E-state index is -1.32. The number of pyridine rings is 3. The molecule has 10 nitrogen and oxygen atoms in total. The van der Waals surface area contributed by atoms with Gasteiger partial charge in [-0.3, -0.25) is 15.0 Å². The summed E-state index contributed by atoms with van der Waals surface area (Å²) in [7, 11) is 0. The molecule has 11 rings (SSSR count). The minimum absolute atomic E-state index is 0.326. The van der Waals surface area contributed by atoms with Gasteiger partial charge in [0.2, 0.25) is 6.36 Å². The molecule has 0 amide bonds. The summed E-state index contributed by atoms with van der Waals surface area (Å²) in [5.74, 6) is -0.743. The molecule has 0 radical (unpaired) electrons. The number of aromatic carboxylic acids is 3. The highest BCUT2D eigenvalue weighted by molar-refractivity contribution is 7.99. The van der Waals surface area contributed by atoms with Crippen molar-refractivity contribution in [3.05, 3.63) is 236 Å². The van der Waals surface area contributed by atoms with E-state index in [1.807, 2.05) is 41.7 Å². The van der Waals surface area contributed by atoms with Gasteiger partial charge in [0.25, 0.3) is 0 Å². The number of fused-ring (bicyclic) bond motifs is 3. The number of ether oxygens (including phenoxy) is 1. The molecular formula is C70H72FN3O7S2. The number of carbonyl (C=O) groups is 3. The number of rotatable bonds is 18. The van der Waals surface area contributed by atoms with Crippen LogP contribution in [0.5, 0.6) is 5.75 Å². The molecule has 3 heterocycles. The average molecular weight is 1150 g/mol. The Kier molecular flexibility index (Phi) is 21.0. The number of nitrogens with zero attached hydrogens (tertiary/aromatic N) is 3. The minimum Gasteiger partial charge on any atom is -0.478 e. The maximum absolute atomic E-state index is 13.0. The van der Waals surface area contributed by atoms with E-state index in [0.717, 1.165) is 80.9 Å². The van der Waals surface area contributed by atoms with E-state index in [1.54, 1.807) is 49.2 Å². The van der Waals surface area contributed by atoms with E-state index in [4.69, 9.17) is 4.74 Å². The summed E-state index contributed by atoms with van der Waals surface area (Å²) >= 11 is 3.62. The number of benzene rings is 5. The van der Waals surface area contributed by atoms with Crippen LogP contribution in [0.4, 0.5) is 4.39 Å². The normalized spacial score (nSPS) is 16.3. The van der Waals surface area contributed by atoms with Gasteiger partial charge in [0.05, 0.1) is 16.7 Å². The molecule has 3 aromatic heterocycles. The molecule has 3 N–H and O–H groups in total. The highest BCUT2D eigenvalue weighted by Crippen LogP contribution is 2.41. The number of alkyl halides is 1. The fraction of sp³-hybridized carbons (Fsp3) is 0.314. The predicted molar refractivity (Wildman–Crippen MR) is 327 cm³/mol. The quantitative estimate of drug-likeness (QED) is 0.0747. The summed E-state index contributed by atoms with van der Waals surface area (Å²) in [5, 5.41) is 28.1. The summed E-state index contributed by atoms with van der Waals surface area (Å²) in [6, 6.07) is 41.6. The van der Waals surface area contributed by atoms with Crippen LogP contribution in [0.3, 0.4) is 0 Å². The molecule has 4 atom stereocenters. The van der Waals surface area contributed by atoms with Gasteiger partial charge in [-0.25, -0.2) is 18.8 Å². The second kappa shape index (κ2) is 29.1. The average Bonchev–Trinajstić information content (AvgIpc) is 3.62. The van der Waals surface area contributed by atoms with Gasteiger partial charge in [0.1, 0.15) is 5.75 Å². The zero-order chi connectivity index (χ0) is 58.2. The molecule has 0 aliphatic heterocycles. The first-order chi connectivity index (χ1) is 40.2. The number of carboxylic acid groups (broad SMARTS) is 3. The first-order valence-electron chi connectivity index (χ1n) is 28.9. The van der Waals surface area contributed by atoms with Crippen molar-refractivity contribution in [2.75, 3.05) is 0 Å². The Bertz CT molecular complexity index is 3350.